The average Bonchev–Trinajstić information content (AvgIpc) is 2.45. The second-order valence-corrected chi connectivity index (χ2v) is 4.57. The van der Waals surface area contributed by atoms with Crippen molar-refractivity contribution in [2.24, 2.45) is 0 Å². The molecule has 0 heterocycles. The molecule has 0 radical (unpaired) electrons. The first kappa shape index (κ1) is 14.1. The number of carboxylic acids is 1. The molecule has 2 rings (SSSR count). The third-order valence-electron chi connectivity index (χ3n) is 3.00. The van der Waals surface area contributed by atoms with Gasteiger partial charge in [-0.3, -0.25) is 4.79 Å². The molecule has 104 valence electrons. The number of carboxylic acid groups (broad SMARTS) is 1. The van der Waals surface area contributed by atoms with E-state index < -0.39 is 5.97 Å². The minimum atomic E-state index is -0.829. The molecule has 2 aromatic carbocycles. The number of aliphatic carboxylic acids is 1. The molecule has 3 heteroatoms. The minimum Gasteiger partial charge on any atom is -0.493 e. The predicted molar refractivity (Wildman–Crippen MR) is 79.0 cm³/mol. The lowest BCUT2D eigenvalue weighted by molar-refractivity contribution is -0.136. The van der Waals surface area contributed by atoms with Crippen molar-refractivity contribution in [2.75, 3.05) is 6.61 Å². The molecular formula is C17H18O3. The predicted octanol–water partition coefficient (Wildman–Crippen LogP) is 3.77. The third-order valence-corrected chi connectivity index (χ3v) is 3.00. The van der Waals surface area contributed by atoms with Crippen LogP contribution in [0.3, 0.4) is 0 Å². The minimum absolute atomic E-state index is 0.0122. The molecular weight excluding hydrogens is 252 g/mol. The van der Waals surface area contributed by atoms with Gasteiger partial charge < -0.3 is 9.84 Å². The first-order chi connectivity index (χ1) is 9.72. The van der Waals surface area contributed by atoms with Crippen molar-refractivity contribution in [1.29, 1.82) is 0 Å². The zero-order chi connectivity index (χ0) is 14.4. The zero-order valence-corrected chi connectivity index (χ0v) is 11.5. The van der Waals surface area contributed by atoms with E-state index >= 15 is 0 Å². The van der Waals surface area contributed by atoms with Crippen LogP contribution in [0, 0.1) is 0 Å². The average molecular weight is 270 g/mol. The monoisotopic (exact) mass is 270 g/mol. The quantitative estimate of drug-likeness (QED) is 0.869. The Labute approximate surface area is 118 Å². The molecule has 0 atom stereocenters. The highest BCUT2D eigenvalue weighted by Gasteiger charge is 2.11. The van der Waals surface area contributed by atoms with Gasteiger partial charge in [0, 0.05) is 5.56 Å². The molecule has 0 aliphatic carbocycles. The van der Waals surface area contributed by atoms with Crippen LogP contribution in [0.5, 0.6) is 5.75 Å². The van der Waals surface area contributed by atoms with Crippen molar-refractivity contribution in [2.45, 2.75) is 19.8 Å². The fraction of sp³-hybridized carbons (Fsp3) is 0.235. The van der Waals surface area contributed by atoms with E-state index in [2.05, 4.69) is 6.92 Å². The Morgan fingerprint density at radius 2 is 1.70 bits per heavy atom. The number of ether oxygens (including phenoxy) is 1. The van der Waals surface area contributed by atoms with Crippen molar-refractivity contribution in [3.63, 3.8) is 0 Å². The molecule has 0 amide bonds. The first-order valence-electron chi connectivity index (χ1n) is 6.74. The fourth-order valence-electron chi connectivity index (χ4n) is 2.13. The number of para-hydroxylation sites is 1. The van der Waals surface area contributed by atoms with Crippen LogP contribution >= 0.6 is 0 Å². The van der Waals surface area contributed by atoms with Crippen LogP contribution in [0.2, 0.25) is 0 Å². The summed E-state index contributed by atoms with van der Waals surface area (Å²) in [5, 5.41) is 9.02. The number of benzene rings is 2. The summed E-state index contributed by atoms with van der Waals surface area (Å²) in [4.78, 5) is 11.0. The molecule has 3 nitrogen and oxygen atoms in total. The highest BCUT2D eigenvalue weighted by molar-refractivity contribution is 5.79. The smallest absolute Gasteiger partial charge is 0.307 e. The Bertz CT molecular complexity index is 590. The maximum absolute atomic E-state index is 11.0. The molecule has 1 N–H and O–H groups in total. The summed E-state index contributed by atoms with van der Waals surface area (Å²) < 4.78 is 5.75. The molecule has 0 fully saturated rings. The van der Waals surface area contributed by atoms with Gasteiger partial charge in [-0.2, -0.15) is 0 Å². The zero-order valence-electron chi connectivity index (χ0n) is 11.5. The van der Waals surface area contributed by atoms with E-state index in [1.54, 1.807) is 0 Å². The number of carbonyl (C=O) groups is 1. The fourth-order valence-corrected chi connectivity index (χ4v) is 2.13. The van der Waals surface area contributed by atoms with Gasteiger partial charge in [0.1, 0.15) is 5.75 Å². The summed E-state index contributed by atoms with van der Waals surface area (Å²) in [7, 11) is 0. The lowest BCUT2D eigenvalue weighted by Crippen LogP contribution is -2.03. The van der Waals surface area contributed by atoms with Gasteiger partial charge in [-0.1, -0.05) is 49.4 Å². The van der Waals surface area contributed by atoms with E-state index in [1.165, 1.54) is 0 Å². The number of rotatable bonds is 6. The normalized spacial score (nSPS) is 10.2. The lowest BCUT2D eigenvalue weighted by Gasteiger charge is -2.13. The largest absolute Gasteiger partial charge is 0.493 e. The van der Waals surface area contributed by atoms with E-state index in [1.807, 2.05) is 48.5 Å². The van der Waals surface area contributed by atoms with Gasteiger partial charge in [-0.15, -0.1) is 0 Å². The maximum Gasteiger partial charge on any atom is 0.307 e. The highest BCUT2D eigenvalue weighted by atomic mass is 16.5. The molecule has 0 saturated carbocycles. The molecule has 0 aliphatic rings. The molecule has 0 aromatic heterocycles. The maximum atomic E-state index is 11.0. The lowest BCUT2D eigenvalue weighted by atomic mass is 9.97. The number of hydrogen-bond donors (Lipinski definition) is 1. The Morgan fingerprint density at radius 3 is 2.40 bits per heavy atom. The summed E-state index contributed by atoms with van der Waals surface area (Å²) >= 11 is 0. The second-order valence-electron chi connectivity index (χ2n) is 4.57. The van der Waals surface area contributed by atoms with E-state index in [0.717, 1.165) is 28.9 Å². The van der Waals surface area contributed by atoms with Crippen LogP contribution < -0.4 is 4.74 Å². The van der Waals surface area contributed by atoms with Crippen LogP contribution in [-0.4, -0.2) is 17.7 Å². The van der Waals surface area contributed by atoms with Crippen LogP contribution in [0.25, 0.3) is 11.1 Å². The molecule has 0 spiro atoms. The summed E-state index contributed by atoms with van der Waals surface area (Å²) in [5.74, 6) is -0.0309. The Hall–Kier alpha value is -2.29. The SMILES string of the molecule is CCCOc1ccccc1-c1ccccc1CC(=O)O. The Balaban J connectivity index is 2.43. The van der Waals surface area contributed by atoms with E-state index in [0.29, 0.717) is 6.61 Å². The molecule has 0 saturated heterocycles. The van der Waals surface area contributed by atoms with Crippen molar-refractivity contribution < 1.29 is 14.6 Å². The second kappa shape index (κ2) is 6.75. The third kappa shape index (κ3) is 3.38. The highest BCUT2D eigenvalue weighted by Crippen LogP contribution is 2.32. The first-order valence-corrected chi connectivity index (χ1v) is 6.74. The van der Waals surface area contributed by atoms with Crippen LogP contribution in [-0.2, 0) is 11.2 Å². The van der Waals surface area contributed by atoms with Crippen molar-refractivity contribution >= 4 is 5.97 Å². The topological polar surface area (TPSA) is 46.5 Å². The van der Waals surface area contributed by atoms with Gasteiger partial charge in [0.15, 0.2) is 0 Å². The molecule has 0 aliphatic heterocycles. The van der Waals surface area contributed by atoms with Gasteiger partial charge >= 0.3 is 5.97 Å². The standard InChI is InChI=1S/C17H18O3/c1-2-11-20-16-10-6-5-9-15(16)14-8-4-3-7-13(14)12-17(18)19/h3-10H,2,11-12H2,1H3,(H,18,19). The summed E-state index contributed by atoms with van der Waals surface area (Å²) in [5.41, 5.74) is 2.66. The van der Waals surface area contributed by atoms with Crippen LogP contribution in [0.15, 0.2) is 48.5 Å². The Morgan fingerprint density at radius 1 is 1.05 bits per heavy atom. The van der Waals surface area contributed by atoms with Gasteiger partial charge in [0.25, 0.3) is 0 Å². The Kier molecular flexibility index (Phi) is 4.77. The molecule has 0 unspecified atom stereocenters. The molecule has 2 aromatic rings. The van der Waals surface area contributed by atoms with Crippen molar-refractivity contribution in [3.05, 3.63) is 54.1 Å². The molecule has 0 bridgehead atoms. The van der Waals surface area contributed by atoms with Gasteiger partial charge in [-0.05, 0) is 23.6 Å². The summed E-state index contributed by atoms with van der Waals surface area (Å²) in [6.07, 6.45) is 0.948. The molecule has 20 heavy (non-hydrogen) atoms. The van der Waals surface area contributed by atoms with Crippen molar-refractivity contribution in [1.82, 2.24) is 0 Å². The van der Waals surface area contributed by atoms with Gasteiger partial charge in [0.05, 0.1) is 13.0 Å². The van der Waals surface area contributed by atoms with E-state index in [4.69, 9.17) is 9.84 Å². The summed E-state index contributed by atoms with van der Waals surface area (Å²) in [6.45, 7) is 2.71. The van der Waals surface area contributed by atoms with Gasteiger partial charge in [0.2, 0.25) is 0 Å². The van der Waals surface area contributed by atoms with E-state index in [-0.39, 0.29) is 6.42 Å². The van der Waals surface area contributed by atoms with Crippen molar-refractivity contribution in [3.8, 4) is 16.9 Å². The number of hydrogen-bond acceptors (Lipinski definition) is 2. The van der Waals surface area contributed by atoms with Gasteiger partial charge in [-0.25, -0.2) is 0 Å². The van der Waals surface area contributed by atoms with Crippen LogP contribution in [0.4, 0.5) is 0 Å². The van der Waals surface area contributed by atoms with E-state index in [9.17, 15) is 4.79 Å². The summed E-state index contributed by atoms with van der Waals surface area (Å²) in [6, 6.07) is 15.3. The van der Waals surface area contributed by atoms with Crippen LogP contribution in [0.1, 0.15) is 18.9 Å².